The van der Waals surface area contributed by atoms with Crippen molar-refractivity contribution >= 4 is 5.91 Å². The zero-order valence-corrected chi connectivity index (χ0v) is 17.5. The Hall–Kier alpha value is -3.31. The van der Waals surface area contributed by atoms with Gasteiger partial charge in [0.1, 0.15) is 17.2 Å². The summed E-state index contributed by atoms with van der Waals surface area (Å²) in [6.45, 7) is 0.466. The maximum atomic E-state index is 13.4. The van der Waals surface area contributed by atoms with E-state index in [9.17, 15) is 4.79 Å². The van der Waals surface area contributed by atoms with Crippen LogP contribution in [0.4, 0.5) is 0 Å². The molecule has 0 radical (unpaired) electrons. The van der Waals surface area contributed by atoms with E-state index in [1.165, 1.54) is 0 Å². The number of methoxy groups -OCH3 is 1. The summed E-state index contributed by atoms with van der Waals surface area (Å²) >= 11 is 0. The van der Waals surface area contributed by atoms with Crippen molar-refractivity contribution in [2.45, 2.75) is 12.0 Å². The molecule has 1 aliphatic rings. The van der Waals surface area contributed by atoms with Gasteiger partial charge in [-0.15, -0.1) is 0 Å². The molecule has 0 fully saturated rings. The molecule has 30 heavy (non-hydrogen) atoms. The van der Waals surface area contributed by atoms with Gasteiger partial charge in [-0.2, -0.15) is 0 Å². The van der Waals surface area contributed by atoms with Crippen LogP contribution in [0.1, 0.15) is 28.7 Å². The van der Waals surface area contributed by atoms with Gasteiger partial charge in [0.15, 0.2) is 0 Å². The molecule has 1 N–H and O–H groups in total. The lowest BCUT2D eigenvalue weighted by Gasteiger charge is -2.30. The summed E-state index contributed by atoms with van der Waals surface area (Å²) in [6.07, 6.45) is 0. The van der Waals surface area contributed by atoms with Crippen LogP contribution in [0.3, 0.4) is 0 Å². The molecule has 0 spiro atoms. The van der Waals surface area contributed by atoms with Gasteiger partial charge in [0.2, 0.25) is 5.91 Å². The third-order valence-electron chi connectivity index (χ3n) is 5.53. The van der Waals surface area contributed by atoms with Crippen molar-refractivity contribution in [3.05, 3.63) is 89.5 Å². The Balaban J connectivity index is 1.61. The first-order chi connectivity index (χ1) is 14.6. The second-order valence-corrected chi connectivity index (χ2v) is 7.58. The molecule has 5 heteroatoms. The lowest BCUT2D eigenvalue weighted by molar-refractivity contribution is -0.122. The summed E-state index contributed by atoms with van der Waals surface area (Å²) in [5.74, 6) is 1.81. The minimum atomic E-state index is -0.411. The molecule has 0 aliphatic carbocycles. The highest BCUT2D eigenvalue weighted by Gasteiger charge is 2.32. The molecule has 1 atom stereocenters. The number of likely N-dealkylation sites (N-methyl/N-ethyl adjacent to an activating group) is 1. The summed E-state index contributed by atoms with van der Waals surface area (Å²) in [4.78, 5) is 15.5. The van der Waals surface area contributed by atoms with Gasteiger partial charge in [-0.25, -0.2) is 0 Å². The molecule has 3 aromatic carbocycles. The van der Waals surface area contributed by atoms with Crippen molar-refractivity contribution in [2.75, 3.05) is 27.7 Å². The number of benzene rings is 3. The normalized spacial score (nSPS) is 13.7. The number of hydrogen-bond acceptors (Lipinski definition) is 4. The van der Waals surface area contributed by atoms with Crippen molar-refractivity contribution in [1.82, 2.24) is 10.2 Å². The minimum Gasteiger partial charge on any atom is -0.496 e. The van der Waals surface area contributed by atoms with Crippen molar-refractivity contribution in [2.24, 2.45) is 0 Å². The molecule has 0 saturated heterocycles. The molecule has 0 bridgehead atoms. The monoisotopic (exact) mass is 402 g/mol. The predicted molar refractivity (Wildman–Crippen MR) is 117 cm³/mol. The molecular weight excluding hydrogens is 376 g/mol. The maximum Gasteiger partial charge on any atom is 0.232 e. The molecule has 3 aromatic rings. The molecular formula is C25H26N2O3. The van der Waals surface area contributed by atoms with Crippen LogP contribution in [0.25, 0.3) is 0 Å². The van der Waals surface area contributed by atoms with Gasteiger partial charge in [-0.3, -0.25) is 4.79 Å². The third kappa shape index (κ3) is 3.76. The quantitative estimate of drug-likeness (QED) is 0.666. The van der Waals surface area contributed by atoms with E-state index in [-0.39, 0.29) is 11.9 Å². The molecule has 4 rings (SSSR count). The molecule has 0 aromatic heterocycles. The molecule has 1 heterocycles. The Morgan fingerprint density at radius 2 is 1.53 bits per heavy atom. The average Bonchev–Trinajstić information content (AvgIpc) is 2.77. The summed E-state index contributed by atoms with van der Waals surface area (Å²) in [7, 11) is 5.67. The van der Waals surface area contributed by atoms with Crippen molar-refractivity contribution in [1.29, 1.82) is 0 Å². The molecule has 154 valence electrons. The van der Waals surface area contributed by atoms with Crippen molar-refractivity contribution in [3.63, 3.8) is 0 Å². The topological polar surface area (TPSA) is 50.8 Å². The number of amides is 1. The van der Waals surface area contributed by atoms with Crippen molar-refractivity contribution < 1.29 is 14.3 Å². The van der Waals surface area contributed by atoms with Gasteiger partial charge in [-0.05, 0) is 32.3 Å². The van der Waals surface area contributed by atoms with Gasteiger partial charge in [-0.1, -0.05) is 54.6 Å². The largest absolute Gasteiger partial charge is 0.496 e. The van der Waals surface area contributed by atoms with Crippen LogP contribution in [0.2, 0.25) is 0 Å². The predicted octanol–water partition coefficient (Wildman–Crippen LogP) is 4.35. The van der Waals surface area contributed by atoms with E-state index in [0.29, 0.717) is 6.54 Å². The Labute approximate surface area is 177 Å². The van der Waals surface area contributed by atoms with Gasteiger partial charge in [0.25, 0.3) is 0 Å². The summed E-state index contributed by atoms with van der Waals surface area (Å²) in [6, 6.07) is 23.3. The molecule has 1 amide bonds. The van der Waals surface area contributed by atoms with Gasteiger partial charge in [0, 0.05) is 23.2 Å². The van der Waals surface area contributed by atoms with Crippen LogP contribution >= 0.6 is 0 Å². The SMILES string of the molecule is COc1ccccc1[C@H](CNC(=O)C1c2ccccc2Oc2ccccc21)N(C)C. The van der Waals surface area contributed by atoms with E-state index in [1.54, 1.807) is 7.11 Å². The number of para-hydroxylation sites is 3. The number of ether oxygens (including phenoxy) is 2. The van der Waals surface area contributed by atoms with Crippen LogP contribution < -0.4 is 14.8 Å². The van der Waals surface area contributed by atoms with Gasteiger partial charge in [0.05, 0.1) is 19.1 Å². The fraction of sp³-hybridized carbons (Fsp3) is 0.240. The van der Waals surface area contributed by atoms with E-state index in [4.69, 9.17) is 9.47 Å². The fourth-order valence-electron chi connectivity index (χ4n) is 4.00. The molecule has 5 nitrogen and oxygen atoms in total. The first-order valence-corrected chi connectivity index (χ1v) is 10.0. The lowest BCUT2D eigenvalue weighted by atomic mass is 9.87. The second-order valence-electron chi connectivity index (χ2n) is 7.58. The van der Waals surface area contributed by atoms with Crippen LogP contribution in [0, 0.1) is 0 Å². The fourth-order valence-corrected chi connectivity index (χ4v) is 4.00. The van der Waals surface area contributed by atoms with E-state index in [0.717, 1.165) is 33.9 Å². The van der Waals surface area contributed by atoms with Crippen LogP contribution in [0.5, 0.6) is 17.2 Å². The van der Waals surface area contributed by atoms with Crippen molar-refractivity contribution in [3.8, 4) is 17.2 Å². The zero-order valence-electron chi connectivity index (χ0n) is 17.5. The van der Waals surface area contributed by atoms with E-state index < -0.39 is 5.92 Å². The number of rotatable bonds is 6. The third-order valence-corrected chi connectivity index (χ3v) is 5.53. The minimum absolute atomic E-state index is 0.0181. The average molecular weight is 402 g/mol. The summed E-state index contributed by atoms with van der Waals surface area (Å²) in [5, 5.41) is 3.17. The molecule has 1 aliphatic heterocycles. The van der Waals surface area contributed by atoms with E-state index in [2.05, 4.69) is 10.2 Å². The summed E-state index contributed by atoms with van der Waals surface area (Å²) < 4.78 is 11.6. The number of nitrogens with zero attached hydrogens (tertiary/aromatic N) is 1. The Morgan fingerprint density at radius 3 is 2.13 bits per heavy atom. The first-order valence-electron chi connectivity index (χ1n) is 10.0. The highest BCUT2D eigenvalue weighted by atomic mass is 16.5. The maximum absolute atomic E-state index is 13.4. The number of fused-ring (bicyclic) bond motifs is 2. The van der Waals surface area contributed by atoms with Gasteiger partial charge >= 0.3 is 0 Å². The number of nitrogens with one attached hydrogen (secondary N) is 1. The second kappa shape index (κ2) is 8.59. The standard InChI is InChI=1S/C25H26N2O3/c1-27(2)20(17-10-4-7-13-21(17)29-3)16-26-25(28)24-18-11-5-8-14-22(18)30-23-15-9-6-12-19(23)24/h4-15,20,24H,16H2,1-3H3,(H,26,28)/t20-/m0/s1. The Morgan fingerprint density at radius 1 is 0.967 bits per heavy atom. The first kappa shape index (κ1) is 20.0. The number of hydrogen-bond donors (Lipinski definition) is 1. The van der Waals surface area contributed by atoms with Gasteiger partial charge < -0.3 is 19.7 Å². The van der Waals surface area contributed by atoms with Crippen LogP contribution in [-0.2, 0) is 4.79 Å². The Kier molecular flexibility index (Phi) is 5.72. The van der Waals surface area contributed by atoms with E-state index >= 15 is 0 Å². The Bertz CT molecular complexity index is 1000. The molecule has 0 unspecified atom stereocenters. The highest BCUT2D eigenvalue weighted by Crippen LogP contribution is 2.44. The highest BCUT2D eigenvalue weighted by molar-refractivity contribution is 5.89. The van der Waals surface area contributed by atoms with Crippen LogP contribution in [0.15, 0.2) is 72.8 Å². The smallest absolute Gasteiger partial charge is 0.232 e. The summed E-state index contributed by atoms with van der Waals surface area (Å²) in [5.41, 5.74) is 2.80. The van der Waals surface area contributed by atoms with E-state index in [1.807, 2.05) is 86.9 Å². The number of carbonyl (C=O) groups is 1. The lowest BCUT2D eigenvalue weighted by Crippen LogP contribution is -2.38. The molecule has 0 saturated carbocycles. The zero-order chi connectivity index (χ0) is 21.1. The van der Waals surface area contributed by atoms with Crippen LogP contribution in [-0.4, -0.2) is 38.6 Å². The number of carbonyl (C=O) groups excluding carboxylic acids is 1.